The Labute approximate surface area is 40.0 Å². The van der Waals surface area contributed by atoms with Crippen LogP contribution in [0.25, 0.3) is 0 Å². The fourth-order valence-corrected chi connectivity index (χ4v) is 0. The molecule has 0 aliphatic carbocycles. The van der Waals surface area contributed by atoms with E-state index in [0.717, 1.165) is 0 Å². The Balaban J connectivity index is 0. The molecule has 0 fully saturated rings. The Morgan fingerprint density at radius 1 is 0.750 bits per heavy atom. The standard InChI is InChI=1S/Al.2H2O.Si/h;2*1H2;. The Hall–Kier alpha value is 0.669. The first kappa shape index (κ1) is 140. The van der Waals surface area contributed by atoms with Crippen LogP contribution in [-0.4, -0.2) is 39.3 Å². The largest absolute Gasteiger partial charge is 0.412 e. The second-order valence-corrected chi connectivity index (χ2v) is 0. The summed E-state index contributed by atoms with van der Waals surface area (Å²) in [5.74, 6) is 0. The van der Waals surface area contributed by atoms with Gasteiger partial charge in [-0.15, -0.1) is 0 Å². The SMILES string of the molecule is O.O.[Al].[Si]. The lowest BCUT2D eigenvalue weighted by Crippen LogP contribution is -0.382. The summed E-state index contributed by atoms with van der Waals surface area (Å²) in [4.78, 5) is 0. The van der Waals surface area contributed by atoms with Crippen LogP contribution in [0, 0.1) is 0 Å². The van der Waals surface area contributed by atoms with Crippen LogP contribution in [0.15, 0.2) is 0 Å². The summed E-state index contributed by atoms with van der Waals surface area (Å²) in [6, 6.07) is 0. The molecule has 7 radical (unpaired) electrons. The van der Waals surface area contributed by atoms with E-state index in [4.69, 9.17) is 0 Å². The van der Waals surface area contributed by atoms with Crippen LogP contribution in [-0.2, 0) is 0 Å². The van der Waals surface area contributed by atoms with Crippen molar-refractivity contribution in [3.8, 4) is 0 Å². The topological polar surface area (TPSA) is 63.0 Å². The monoisotopic (exact) mass is 91.0 g/mol. The highest BCUT2D eigenvalue weighted by Gasteiger charge is 0.00101. The van der Waals surface area contributed by atoms with Crippen LogP contribution in [0.1, 0.15) is 0 Å². The average molecular weight is 91.1 g/mol. The van der Waals surface area contributed by atoms with Gasteiger partial charge in [0.05, 0.1) is 0 Å². The molecule has 0 aromatic carbocycles. The van der Waals surface area contributed by atoms with Gasteiger partial charge in [-0.3, -0.25) is 0 Å². The molecular formula is H4AlO2Si. The first-order valence-electron chi connectivity index (χ1n) is 0. The molecule has 0 bridgehead atoms. The molecule has 0 saturated carbocycles. The quantitative estimate of drug-likeness (QED) is 0.298. The molecule has 0 aliphatic heterocycles. The molecule has 0 aromatic rings. The van der Waals surface area contributed by atoms with Crippen LogP contribution in [0.5, 0.6) is 0 Å². The molecule has 0 saturated heterocycles. The van der Waals surface area contributed by atoms with E-state index < -0.39 is 0 Å². The summed E-state index contributed by atoms with van der Waals surface area (Å²) < 4.78 is 0. The minimum atomic E-state index is 0. The van der Waals surface area contributed by atoms with Crippen LogP contribution in [0.3, 0.4) is 0 Å². The normalized spacial score (nSPS) is 0. The first-order chi connectivity index (χ1) is 0. The molecule has 0 heterocycles. The summed E-state index contributed by atoms with van der Waals surface area (Å²) in [5.41, 5.74) is 0. The highest BCUT2D eigenvalue weighted by molar-refractivity contribution is 5.76. The van der Waals surface area contributed by atoms with E-state index in [-0.39, 0.29) is 39.3 Å². The molecule has 2 nitrogen and oxygen atoms in total. The Bertz CT molecular complexity index is 6.00. The van der Waals surface area contributed by atoms with Gasteiger partial charge in [0.2, 0.25) is 0 Å². The van der Waals surface area contributed by atoms with Crippen molar-refractivity contribution in [2.24, 2.45) is 0 Å². The summed E-state index contributed by atoms with van der Waals surface area (Å²) in [5, 5.41) is 0. The summed E-state index contributed by atoms with van der Waals surface area (Å²) >= 11 is 0. The smallest absolute Gasteiger partial charge is 0 e. The molecule has 4 heavy (non-hydrogen) atoms. The molecule has 0 unspecified atom stereocenters. The minimum Gasteiger partial charge on any atom is -0.412 e. The molecule has 0 spiro atoms. The van der Waals surface area contributed by atoms with E-state index in [1.165, 1.54) is 0 Å². The third-order valence-electron chi connectivity index (χ3n) is 0. The molecule has 4 N–H and O–H groups in total. The van der Waals surface area contributed by atoms with Gasteiger partial charge in [-0.2, -0.15) is 0 Å². The van der Waals surface area contributed by atoms with Crippen molar-refractivity contribution >= 4 is 28.3 Å². The Morgan fingerprint density at radius 3 is 0.750 bits per heavy atom. The van der Waals surface area contributed by atoms with E-state index in [9.17, 15) is 0 Å². The highest BCUT2D eigenvalue weighted by atomic mass is 28.1. The zero-order chi connectivity index (χ0) is 0. The third-order valence-corrected chi connectivity index (χ3v) is 0. The predicted octanol–water partition coefficient (Wildman–Crippen LogP) is -2.41. The van der Waals surface area contributed by atoms with E-state index in [2.05, 4.69) is 0 Å². The molecule has 0 amide bonds. The predicted molar refractivity (Wildman–Crippen MR) is 18.7 cm³/mol. The van der Waals surface area contributed by atoms with Gasteiger partial charge in [-0.05, 0) is 0 Å². The van der Waals surface area contributed by atoms with Crippen LogP contribution in [0.4, 0.5) is 0 Å². The van der Waals surface area contributed by atoms with Gasteiger partial charge in [0.1, 0.15) is 0 Å². The van der Waals surface area contributed by atoms with Crippen molar-refractivity contribution in [2.45, 2.75) is 0 Å². The van der Waals surface area contributed by atoms with Gasteiger partial charge in [0.15, 0.2) is 0 Å². The van der Waals surface area contributed by atoms with Crippen LogP contribution in [0.2, 0.25) is 0 Å². The molecule has 0 rings (SSSR count). The van der Waals surface area contributed by atoms with Gasteiger partial charge < -0.3 is 11.0 Å². The summed E-state index contributed by atoms with van der Waals surface area (Å²) in [6.45, 7) is 0. The lowest BCUT2D eigenvalue weighted by molar-refractivity contribution is 0.823. The lowest BCUT2D eigenvalue weighted by Gasteiger charge is -0.413. The van der Waals surface area contributed by atoms with Crippen molar-refractivity contribution in [1.82, 2.24) is 0 Å². The van der Waals surface area contributed by atoms with Gasteiger partial charge in [0.25, 0.3) is 0 Å². The maximum atomic E-state index is 0. The fourth-order valence-electron chi connectivity index (χ4n) is 0. The van der Waals surface area contributed by atoms with Gasteiger partial charge in [0, 0.05) is 28.3 Å². The van der Waals surface area contributed by atoms with Gasteiger partial charge in [-0.25, -0.2) is 0 Å². The third kappa shape index (κ3) is 16.6. The van der Waals surface area contributed by atoms with Gasteiger partial charge >= 0.3 is 0 Å². The van der Waals surface area contributed by atoms with Crippen molar-refractivity contribution in [2.75, 3.05) is 0 Å². The first-order valence-corrected chi connectivity index (χ1v) is 0. The number of hydrogen-bond donors (Lipinski definition) is 0. The maximum absolute atomic E-state index is 0. The van der Waals surface area contributed by atoms with E-state index in [1.54, 1.807) is 0 Å². The maximum Gasteiger partial charge on any atom is 0 e. The molecule has 0 atom stereocenters. The van der Waals surface area contributed by atoms with Crippen molar-refractivity contribution in [3.63, 3.8) is 0 Å². The fraction of sp³-hybridized carbons (Fsp3) is 0. The van der Waals surface area contributed by atoms with Crippen LogP contribution < -0.4 is 0 Å². The molecule has 23 valence electrons. The number of rotatable bonds is 0. The average Bonchev–Trinajstić information content (AvgIpc) is 0. The van der Waals surface area contributed by atoms with E-state index in [0.29, 0.717) is 0 Å². The van der Waals surface area contributed by atoms with E-state index in [1.807, 2.05) is 0 Å². The lowest BCUT2D eigenvalue weighted by atomic mass is 16.0. The minimum absolute atomic E-state index is 0. The van der Waals surface area contributed by atoms with Crippen molar-refractivity contribution in [3.05, 3.63) is 0 Å². The molecular weight excluding hydrogens is 87.1 g/mol. The van der Waals surface area contributed by atoms with Crippen molar-refractivity contribution in [1.29, 1.82) is 0 Å². The molecule has 0 aromatic heterocycles. The summed E-state index contributed by atoms with van der Waals surface area (Å²) in [6.07, 6.45) is 0. The highest BCUT2D eigenvalue weighted by Crippen LogP contribution is -0.288. The van der Waals surface area contributed by atoms with Gasteiger partial charge in [-0.1, -0.05) is 0 Å². The van der Waals surface area contributed by atoms with Crippen molar-refractivity contribution < 1.29 is 11.0 Å². The Kier molecular flexibility index (Phi) is 2050. The number of hydrogen-bond acceptors (Lipinski definition) is 0. The summed E-state index contributed by atoms with van der Waals surface area (Å²) in [7, 11) is 0. The van der Waals surface area contributed by atoms with Crippen LogP contribution >= 0.6 is 0 Å². The second kappa shape index (κ2) is 58.4. The molecule has 0 aliphatic rings. The zero-order valence-electron chi connectivity index (χ0n) is 2.08. The second-order valence-electron chi connectivity index (χ2n) is 0. The van der Waals surface area contributed by atoms with E-state index >= 15 is 0 Å². The Morgan fingerprint density at radius 2 is 0.750 bits per heavy atom. The zero-order valence-corrected chi connectivity index (χ0v) is 4.23. The molecule has 4 heteroatoms.